The first-order valence-electron chi connectivity index (χ1n) is 4.35. The number of sulfone groups is 1. The molecule has 14 heavy (non-hydrogen) atoms. The lowest BCUT2D eigenvalue weighted by atomic mass is 10.2. The van der Waals surface area contributed by atoms with Gasteiger partial charge in [-0.3, -0.25) is 0 Å². The minimum absolute atomic E-state index is 0.0369. The monoisotopic (exact) mass is 249 g/mol. The molecule has 1 fully saturated rings. The van der Waals surface area contributed by atoms with E-state index in [4.69, 9.17) is 12.2 Å². The number of hydrogen-bond acceptors (Lipinski definition) is 4. The summed E-state index contributed by atoms with van der Waals surface area (Å²) in [6, 6.07) is 0.236. The van der Waals surface area contributed by atoms with Crippen molar-refractivity contribution < 1.29 is 8.42 Å². The minimum atomic E-state index is -2.98. The molecule has 0 aromatic carbocycles. The molecule has 2 aliphatic heterocycles. The highest BCUT2D eigenvalue weighted by Gasteiger charge is 2.42. The van der Waals surface area contributed by atoms with Gasteiger partial charge in [0.25, 0.3) is 0 Å². The third-order valence-corrected chi connectivity index (χ3v) is 5.43. The summed E-state index contributed by atoms with van der Waals surface area (Å²) >= 11 is 6.68. The lowest BCUT2D eigenvalue weighted by Gasteiger charge is -2.22. The van der Waals surface area contributed by atoms with E-state index in [9.17, 15) is 8.42 Å². The topological polar surface area (TPSA) is 37.4 Å². The standard InChI is InChI=1S/C8H11NO2S3/c1-5(2)9-6-3-14(10,11)4-7(6)13-8(9)12/h3,5,7H,4H2,1-2H3/t7-/m0/s1. The van der Waals surface area contributed by atoms with Crippen LogP contribution in [0.4, 0.5) is 0 Å². The van der Waals surface area contributed by atoms with E-state index in [2.05, 4.69) is 0 Å². The second kappa shape index (κ2) is 3.21. The van der Waals surface area contributed by atoms with Gasteiger partial charge in [-0.15, -0.1) is 0 Å². The molecule has 78 valence electrons. The van der Waals surface area contributed by atoms with Crippen LogP contribution in [-0.2, 0) is 9.84 Å². The van der Waals surface area contributed by atoms with Gasteiger partial charge in [0.05, 0.1) is 16.4 Å². The van der Waals surface area contributed by atoms with E-state index in [0.29, 0.717) is 0 Å². The molecule has 0 bridgehead atoms. The molecule has 1 atom stereocenters. The van der Waals surface area contributed by atoms with Crippen molar-refractivity contribution in [2.24, 2.45) is 0 Å². The molecule has 0 radical (unpaired) electrons. The van der Waals surface area contributed by atoms with Crippen molar-refractivity contribution in [2.75, 3.05) is 5.75 Å². The molecule has 0 unspecified atom stereocenters. The number of fused-ring (bicyclic) bond motifs is 1. The maximum atomic E-state index is 11.4. The Kier molecular flexibility index (Phi) is 2.40. The van der Waals surface area contributed by atoms with E-state index < -0.39 is 9.84 Å². The molecule has 2 aliphatic rings. The molecule has 0 N–H and O–H groups in total. The third-order valence-electron chi connectivity index (χ3n) is 2.25. The molecular formula is C8H11NO2S3. The Hall–Kier alpha value is -0.0700. The average Bonchev–Trinajstić information content (AvgIpc) is 2.37. The summed E-state index contributed by atoms with van der Waals surface area (Å²) in [4.78, 5) is 1.94. The van der Waals surface area contributed by atoms with Gasteiger partial charge in [-0.05, 0) is 13.8 Å². The Balaban J connectivity index is 2.41. The molecule has 1 saturated heterocycles. The second-order valence-electron chi connectivity index (χ2n) is 3.71. The molecule has 3 nitrogen and oxygen atoms in total. The molecule has 2 heterocycles. The molecule has 0 amide bonds. The van der Waals surface area contributed by atoms with E-state index in [1.165, 1.54) is 17.2 Å². The molecule has 0 spiro atoms. The van der Waals surface area contributed by atoms with Crippen LogP contribution in [0.25, 0.3) is 0 Å². The van der Waals surface area contributed by atoms with Crippen LogP contribution in [0.5, 0.6) is 0 Å². The van der Waals surface area contributed by atoms with Crippen LogP contribution < -0.4 is 0 Å². The molecular weight excluding hydrogens is 238 g/mol. The van der Waals surface area contributed by atoms with Crippen LogP contribution in [0.3, 0.4) is 0 Å². The second-order valence-corrected chi connectivity index (χ2v) is 7.44. The van der Waals surface area contributed by atoms with Gasteiger partial charge < -0.3 is 4.90 Å². The Morgan fingerprint density at radius 2 is 2.29 bits per heavy atom. The van der Waals surface area contributed by atoms with Gasteiger partial charge >= 0.3 is 0 Å². The van der Waals surface area contributed by atoms with Crippen molar-refractivity contribution >= 4 is 38.1 Å². The predicted octanol–water partition coefficient (Wildman–Crippen LogP) is 1.37. The first kappa shape index (κ1) is 10.4. The Bertz CT molecular complexity index is 410. The summed E-state index contributed by atoms with van der Waals surface area (Å²) in [5.41, 5.74) is 0.870. The van der Waals surface area contributed by atoms with Crippen molar-refractivity contribution in [1.29, 1.82) is 0 Å². The summed E-state index contributed by atoms with van der Waals surface area (Å²) in [5, 5.41) is 1.42. The molecule has 0 aromatic rings. The third kappa shape index (κ3) is 1.59. The fourth-order valence-corrected chi connectivity index (χ4v) is 5.61. The largest absolute Gasteiger partial charge is 0.327 e. The summed E-state index contributed by atoms with van der Waals surface area (Å²) in [6.07, 6.45) is 0. The molecule has 6 heteroatoms. The Morgan fingerprint density at radius 3 is 2.86 bits per heavy atom. The number of hydrogen-bond donors (Lipinski definition) is 0. The van der Waals surface area contributed by atoms with Crippen LogP contribution in [0.2, 0.25) is 0 Å². The summed E-state index contributed by atoms with van der Waals surface area (Å²) < 4.78 is 23.5. The van der Waals surface area contributed by atoms with Crippen LogP contribution in [0, 0.1) is 0 Å². The fourth-order valence-electron chi connectivity index (χ4n) is 1.70. The van der Waals surface area contributed by atoms with Gasteiger partial charge in [0.15, 0.2) is 9.84 Å². The number of thioether (sulfide) groups is 1. The highest BCUT2D eigenvalue weighted by atomic mass is 32.2. The molecule has 0 saturated carbocycles. The van der Waals surface area contributed by atoms with Gasteiger partial charge in [-0.2, -0.15) is 0 Å². The van der Waals surface area contributed by atoms with E-state index in [0.717, 1.165) is 10.0 Å². The maximum absolute atomic E-state index is 11.4. The lowest BCUT2D eigenvalue weighted by Crippen LogP contribution is -2.29. The number of rotatable bonds is 1. The van der Waals surface area contributed by atoms with Gasteiger partial charge in [0, 0.05) is 11.7 Å². The fraction of sp³-hybridized carbons (Fsp3) is 0.625. The zero-order chi connectivity index (χ0) is 10.5. The van der Waals surface area contributed by atoms with E-state index in [-0.39, 0.29) is 17.0 Å². The molecule has 0 aromatic heterocycles. The molecule has 2 rings (SSSR count). The van der Waals surface area contributed by atoms with Crippen LogP contribution >= 0.6 is 24.0 Å². The normalized spacial score (nSPS) is 29.6. The first-order valence-corrected chi connectivity index (χ1v) is 7.35. The van der Waals surface area contributed by atoms with Gasteiger partial charge in [0.2, 0.25) is 0 Å². The van der Waals surface area contributed by atoms with Crippen molar-refractivity contribution in [1.82, 2.24) is 4.90 Å². The highest BCUT2D eigenvalue weighted by Crippen LogP contribution is 2.41. The van der Waals surface area contributed by atoms with Crippen molar-refractivity contribution in [3.63, 3.8) is 0 Å². The Labute approximate surface area is 93.5 Å². The summed E-state index contributed by atoms with van der Waals surface area (Å²) in [5.74, 6) is 0.205. The summed E-state index contributed by atoms with van der Waals surface area (Å²) in [7, 11) is -2.98. The lowest BCUT2D eigenvalue weighted by molar-refractivity contribution is 0.440. The van der Waals surface area contributed by atoms with E-state index >= 15 is 0 Å². The quantitative estimate of drug-likeness (QED) is 0.656. The highest BCUT2D eigenvalue weighted by molar-refractivity contribution is 8.24. The maximum Gasteiger partial charge on any atom is 0.174 e. The number of thiocarbonyl (C=S) groups is 1. The summed E-state index contributed by atoms with van der Waals surface area (Å²) in [6.45, 7) is 4.03. The van der Waals surface area contributed by atoms with Gasteiger partial charge in [0.1, 0.15) is 4.32 Å². The number of nitrogens with zero attached hydrogens (tertiary/aromatic N) is 1. The van der Waals surface area contributed by atoms with E-state index in [1.54, 1.807) is 0 Å². The van der Waals surface area contributed by atoms with Gasteiger partial charge in [-0.25, -0.2) is 8.42 Å². The van der Waals surface area contributed by atoms with Crippen molar-refractivity contribution in [2.45, 2.75) is 25.1 Å². The van der Waals surface area contributed by atoms with E-state index in [1.807, 2.05) is 18.7 Å². The average molecular weight is 249 g/mol. The molecule has 0 aliphatic carbocycles. The first-order chi connectivity index (χ1) is 6.41. The zero-order valence-electron chi connectivity index (χ0n) is 7.93. The van der Waals surface area contributed by atoms with Crippen LogP contribution in [-0.4, -0.2) is 34.7 Å². The SMILES string of the molecule is CC(C)N1C(=S)S[C@H]2CS(=O)(=O)C=C21. The van der Waals surface area contributed by atoms with Crippen LogP contribution in [0.15, 0.2) is 11.1 Å². The minimum Gasteiger partial charge on any atom is -0.327 e. The van der Waals surface area contributed by atoms with Crippen LogP contribution in [0.1, 0.15) is 13.8 Å². The smallest absolute Gasteiger partial charge is 0.174 e. The van der Waals surface area contributed by atoms with Crippen molar-refractivity contribution in [3.05, 3.63) is 11.1 Å². The van der Waals surface area contributed by atoms with Crippen molar-refractivity contribution in [3.8, 4) is 0 Å². The van der Waals surface area contributed by atoms with Gasteiger partial charge in [-0.1, -0.05) is 24.0 Å². The predicted molar refractivity (Wildman–Crippen MR) is 62.8 cm³/mol. The zero-order valence-corrected chi connectivity index (χ0v) is 10.4. The Morgan fingerprint density at radius 1 is 1.64 bits per heavy atom.